The van der Waals surface area contributed by atoms with Crippen LogP contribution in [0.25, 0.3) is 119 Å². The lowest BCUT2D eigenvalue weighted by molar-refractivity contribution is 0.673. The van der Waals surface area contributed by atoms with Crippen molar-refractivity contribution in [1.29, 1.82) is 0 Å². The van der Waals surface area contributed by atoms with Crippen LogP contribution in [-0.4, -0.2) is 0 Å². The lowest BCUT2D eigenvalue weighted by atomic mass is 9.85. The average molecular weight is 703 g/mol. The van der Waals surface area contributed by atoms with Gasteiger partial charge in [0, 0.05) is 26.2 Å². The van der Waals surface area contributed by atoms with Crippen LogP contribution in [0.2, 0.25) is 0 Å². The molecule has 0 radical (unpaired) electrons. The molecule has 0 aliphatic rings. The molecular formula is C52H30OS. The highest BCUT2D eigenvalue weighted by Gasteiger charge is 2.21. The third kappa shape index (κ3) is 4.32. The molecule has 0 bridgehead atoms. The van der Waals surface area contributed by atoms with Crippen molar-refractivity contribution in [3.63, 3.8) is 0 Å². The topological polar surface area (TPSA) is 13.1 Å². The number of fused-ring (bicyclic) bond motifs is 11. The van der Waals surface area contributed by atoms with E-state index in [0.717, 1.165) is 16.6 Å². The summed E-state index contributed by atoms with van der Waals surface area (Å²) in [6.45, 7) is 0. The van der Waals surface area contributed by atoms with Gasteiger partial charge in [-0.2, -0.15) is 0 Å². The highest BCUT2D eigenvalue weighted by Crippen LogP contribution is 2.48. The molecule has 250 valence electrons. The number of furan rings is 1. The Hall–Kier alpha value is -6.74. The fourth-order valence-electron chi connectivity index (χ4n) is 8.95. The Balaban J connectivity index is 1.08. The minimum atomic E-state index is 0.923. The molecule has 0 atom stereocenters. The molecule has 0 aliphatic heterocycles. The van der Waals surface area contributed by atoms with Crippen molar-refractivity contribution in [3.8, 4) is 33.4 Å². The van der Waals surface area contributed by atoms with Gasteiger partial charge in [-0.3, -0.25) is 0 Å². The maximum atomic E-state index is 6.72. The molecule has 0 unspecified atom stereocenters. The van der Waals surface area contributed by atoms with E-state index in [1.807, 2.05) is 11.3 Å². The first-order valence-corrected chi connectivity index (χ1v) is 19.3. The molecule has 0 fully saturated rings. The summed E-state index contributed by atoms with van der Waals surface area (Å²) in [5, 5.41) is 14.9. The minimum Gasteiger partial charge on any atom is -0.455 e. The van der Waals surface area contributed by atoms with Crippen molar-refractivity contribution in [3.05, 3.63) is 182 Å². The Morgan fingerprint density at radius 1 is 0.352 bits per heavy atom. The normalized spacial score (nSPS) is 12.1. The van der Waals surface area contributed by atoms with Gasteiger partial charge in [0.25, 0.3) is 0 Å². The number of para-hydroxylation sites is 1. The van der Waals surface area contributed by atoms with Crippen LogP contribution >= 0.6 is 11.3 Å². The summed E-state index contributed by atoms with van der Waals surface area (Å²) < 4.78 is 9.21. The van der Waals surface area contributed by atoms with Gasteiger partial charge in [-0.25, -0.2) is 0 Å². The second-order valence-electron chi connectivity index (χ2n) is 14.4. The maximum Gasteiger partial charge on any atom is 0.153 e. The van der Waals surface area contributed by atoms with Crippen molar-refractivity contribution < 1.29 is 4.42 Å². The van der Waals surface area contributed by atoms with Crippen LogP contribution < -0.4 is 0 Å². The van der Waals surface area contributed by atoms with E-state index >= 15 is 0 Å². The highest BCUT2D eigenvalue weighted by molar-refractivity contribution is 7.26. The second kappa shape index (κ2) is 11.4. The van der Waals surface area contributed by atoms with Gasteiger partial charge in [0.2, 0.25) is 0 Å². The number of rotatable bonds is 3. The van der Waals surface area contributed by atoms with Crippen LogP contribution in [0.4, 0.5) is 0 Å². The molecule has 0 saturated heterocycles. The lowest BCUT2D eigenvalue weighted by Crippen LogP contribution is -1.91. The lowest BCUT2D eigenvalue weighted by Gasteiger charge is -2.18. The van der Waals surface area contributed by atoms with E-state index in [9.17, 15) is 0 Å². The number of hydrogen-bond donors (Lipinski definition) is 0. The number of benzene rings is 10. The Labute approximate surface area is 314 Å². The van der Waals surface area contributed by atoms with Gasteiger partial charge in [-0.1, -0.05) is 146 Å². The van der Waals surface area contributed by atoms with Gasteiger partial charge in [-0.15, -0.1) is 11.3 Å². The largest absolute Gasteiger partial charge is 0.455 e. The molecule has 10 aromatic carbocycles. The molecule has 0 saturated carbocycles. The zero-order chi connectivity index (χ0) is 35.3. The Bertz CT molecular complexity index is 3440. The zero-order valence-corrected chi connectivity index (χ0v) is 30.0. The van der Waals surface area contributed by atoms with Crippen LogP contribution in [0, 0.1) is 0 Å². The van der Waals surface area contributed by atoms with Crippen molar-refractivity contribution in [1.82, 2.24) is 0 Å². The molecule has 2 aromatic heterocycles. The summed E-state index contributed by atoms with van der Waals surface area (Å²) in [7, 11) is 0. The number of hydrogen-bond acceptors (Lipinski definition) is 2. The van der Waals surface area contributed by atoms with Crippen molar-refractivity contribution in [2.45, 2.75) is 0 Å². The third-order valence-corrected chi connectivity index (χ3v) is 12.6. The first-order chi connectivity index (χ1) is 26.8. The predicted molar refractivity (Wildman–Crippen MR) is 233 cm³/mol. The Kier molecular flexibility index (Phi) is 6.28. The fraction of sp³-hybridized carbons (Fsp3) is 0. The van der Waals surface area contributed by atoms with E-state index < -0.39 is 0 Å². The summed E-state index contributed by atoms with van der Waals surface area (Å²) in [6.07, 6.45) is 0. The monoisotopic (exact) mass is 702 g/mol. The van der Waals surface area contributed by atoms with Crippen LogP contribution in [0.3, 0.4) is 0 Å². The van der Waals surface area contributed by atoms with Gasteiger partial charge in [-0.05, 0) is 113 Å². The maximum absolute atomic E-state index is 6.72. The summed E-state index contributed by atoms with van der Waals surface area (Å²) in [5.41, 5.74) is 9.33. The Morgan fingerprint density at radius 3 is 1.59 bits per heavy atom. The van der Waals surface area contributed by atoms with E-state index in [2.05, 4.69) is 182 Å². The summed E-state index contributed by atoms with van der Waals surface area (Å²) >= 11 is 1.83. The summed E-state index contributed by atoms with van der Waals surface area (Å²) in [4.78, 5) is 0. The molecule has 0 aliphatic carbocycles. The highest BCUT2D eigenvalue weighted by atomic mass is 32.1. The fourth-order valence-corrected chi connectivity index (χ4v) is 10.2. The number of thiophene rings is 1. The van der Waals surface area contributed by atoms with Gasteiger partial charge in [0.05, 0.1) is 4.70 Å². The van der Waals surface area contributed by atoms with E-state index in [4.69, 9.17) is 4.42 Å². The SMILES string of the molecule is c1ccc(-c2c3ccccc3c(-c3ccc4cc(-c5cc6c7cc8ccccc8cc7sc6c6oc7ccccc7c56)ccc4c3)c3ccccc23)cc1. The molecule has 0 spiro atoms. The smallest absolute Gasteiger partial charge is 0.153 e. The molecular weight excluding hydrogens is 673 g/mol. The molecule has 0 amide bonds. The molecule has 0 N–H and O–H groups in total. The first kappa shape index (κ1) is 29.8. The summed E-state index contributed by atoms with van der Waals surface area (Å²) in [5.74, 6) is 0. The van der Waals surface area contributed by atoms with Gasteiger partial charge in [0.15, 0.2) is 5.58 Å². The standard InChI is InChI=1S/C52H30OS/c1-2-12-31(13-3-1)48-38-16-6-8-18-40(38)49(41-19-9-7-17-39(41)48)37-25-23-34-26-36(24-22-35(34)27-37)43-30-45-44-28-32-14-4-5-15-33(32)29-47(44)54-52(45)51-50(43)42-20-10-11-21-46(42)53-51/h1-30H. The van der Waals surface area contributed by atoms with Crippen molar-refractivity contribution in [2.75, 3.05) is 0 Å². The molecule has 54 heavy (non-hydrogen) atoms. The van der Waals surface area contributed by atoms with E-state index in [0.29, 0.717) is 0 Å². The van der Waals surface area contributed by atoms with Crippen LogP contribution in [0.1, 0.15) is 0 Å². The molecule has 12 aromatic rings. The third-order valence-electron chi connectivity index (χ3n) is 11.4. The Morgan fingerprint density at radius 2 is 0.889 bits per heavy atom. The van der Waals surface area contributed by atoms with Gasteiger partial charge >= 0.3 is 0 Å². The van der Waals surface area contributed by atoms with E-state index in [-0.39, 0.29) is 0 Å². The van der Waals surface area contributed by atoms with E-state index in [1.165, 1.54) is 102 Å². The summed E-state index contributed by atoms with van der Waals surface area (Å²) in [6, 6.07) is 66.7. The molecule has 1 nitrogen and oxygen atoms in total. The second-order valence-corrected chi connectivity index (χ2v) is 15.4. The van der Waals surface area contributed by atoms with E-state index in [1.54, 1.807) is 0 Å². The molecule has 2 heteroatoms. The minimum absolute atomic E-state index is 0.923. The quantitative estimate of drug-likeness (QED) is 0.167. The van der Waals surface area contributed by atoms with Crippen molar-refractivity contribution in [2.24, 2.45) is 0 Å². The first-order valence-electron chi connectivity index (χ1n) is 18.5. The van der Waals surface area contributed by atoms with Crippen LogP contribution in [-0.2, 0) is 0 Å². The van der Waals surface area contributed by atoms with Gasteiger partial charge < -0.3 is 4.42 Å². The van der Waals surface area contributed by atoms with Crippen LogP contribution in [0.15, 0.2) is 186 Å². The zero-order valence-electron chi connectivity index (χ0n) is 29.1. The van der Waals surface area contributed by atoms with Crippen LogP contribution in [0.5, 0.6) is 0 Å². The average Bonchev–Trinajstić information content (AvgIpc) is 3.80. The predicted octanol–water partition coefficient (Wildman–Crippen LogP) is 15.6. The molecule has 2 heterocycles. The molecule has 12 rings (SSSR count). The van der Waals surface area contributed by atoms with Gasteiger partial charge in [0.1, 0.15) is 5.58 Å². The van der Waals surface area contributed by atoms with Crippen molar-refractivity contribution >= 4 is 96.5 Å².